The number of hydrogen-bond donors (Lipinski definition) is 0. The normalized spacial score (nSPS) is 10.5. The van der Waals surface area contributed by atoms with Crippen molar-refractivity contribution in [1.82, 2.24) is 0 Å². The summed E-state index contributed by atoms with van der Waals surface area (Å²) < 4.78 is 1.51. The van der Waals surface area contributed by atoms with Crippen molar-refractivity contribution in [2.24, 2.45) is 0 Å². The summed E-state index contributed by atoms with van der Waals surface area (Å²) in [6.45, 7) is 0. The molecule has 6 heavy (non-hydrogen) atoms. The van der Waals surface area contributed by atoms with Gasteiger partial charge in [-0.2, -0.15) is 5.26 Å². The molecular weight excluding hydrogens is 212 g/mol. The zero-order valence-corrected chi connectivity index (χ0v) is 5.69. The van der Waals surface area contributed by atoms with Gasteiger partial charge >= 0.3 is 0 Å². The van der Waals surface area contributed by atoms with Crippen LogP contribution in [0.4, 0.5) is 0 Å². The predicted octanol–water partition coefficient (Wildman–Crippen LogP) is 2.03. The Kier molecular flexibility index (Phi) is 3.58. The molecule has 0 atom stereocenters. The third-order valence-electron chi connectivity index (χ3n) is 0.203. The standard InChI is InChI=1S/C3HClIN/c4-3(1-5)2-6/h1H/b3-1-. The molecule has 0 aliphatic carbocycles. The average molecular weight is 213 g/mol. The van der Waals surface area contributed by atoms with Gasteiger partial charge in [0.15, 0.2) is 0 Å². The van der Waals surface area contributed by atoms with Crippen LogP contribution < -0.4 is 0 Å². The SMILES string of the molecule is N#C/C(Cl)=C/I. The van der Waals surface area contributed by atoms with Gasteiger partial charge in [0, 0.05) is 4.08 Å². The highest BCUT2D eigenvalue weighted by Crippen LogP contribution is 2.00. The van der Waals surface area contributed by atoms with E-state index >= 15 is 0 Å². The van der Waals surface area contributed by atoms with E-state index in [1.165, 1.54) is 4.08 Å². The van der Waals surface area contributed by atoms with Gasteiger partial charge in [0.25, 0.3) is 0 Å². The van der Waals surface area contributed by atoms with Gasteiger partial charge in [-0.05, 0) is 0 Å². The van der Waals surface area contributed by atoms with E-state index < -0.39 is 0 Å². The minimum atomic E-state index is 0.232. The van der Waals surface area contributed by atoms with Crippen LogP contribution >= 0.6 is 34.2 Å². The van der Waals surface area contributed by atoms with Crippen LogP contribution in [-0.2, 0) is 0 Å². The molecule has 0 spiro atoms. The molecule has 32 valence electrons. The third kappa shape index (κ3) is 2.49. The Balaban J connectivity index is 3.61. The second-order valence-corrected chi connectivity index (χ2v) is 1.60. The minimum Gasteiger partial charge on any atom is -0.191 e. The monoisotopic (exact) mass is 213 g/mol. The molecule has 3 heteroatoms. The lowest BCUT2D eigenvalue weighted by Gasteiger charge is -1.65. The molecule has 0 rings (SSSR count). The fraction of sp³-hybridized carbons (Fsp3) is 0. The molecule has 0 bridgehead atoms. The van der Waals surface area contributed by atoms with E-state index in [0.717, 1.165) is 0 Å². The Bertz CT molecular complexity index is 102. The molecule has 1 nitrogen and oxygen atoms in total. The molecule has 0 unspecified atom stereocenters. The van der Waals surface area contributed by atoms with Gasteiger partial charge in [0.05, 0.1) is 0 Å². The molecule has 0 fully saturated rings. The summed E-state index contributed by atoms with van der Waals surface area (Å²) in [5.74, 6) is 0. The number of nitriles is 1. The van der Waals surface area contributed by atoms with Crippen molar-refractivity contribution in [2.45, 2.75) is 0 Å². The largest absolute Gasteiger partial charge is 0.191 e. The molecule has 0 heterocycles. The second kappa shape index (κ2) is 3.44. The van der Waals surface area contributed by atoms with Crippen molar-refractivity contribution in [3.8, 4) is 6.07 Å². The summed E-state index contributed by atoms with van der Waals surface area (Å²) in [6, 6.07) is 1.73. The molecule has 0 saturated carbocycles. The number of allylic oxidation sites excluding steroid dienone is 1. The molecule has 0 aliphatic heterocycles. The van der Waals surface area contributed by atoms with Crippen LogP contribution in [0.2, 0.25) is 0 Å². The summed E-state index contributed by atoms with van der Waals surface area (Å²) >= 11 is 7.04. The highest BCUT2D eigenvalue weighted by Gasteiger charge is 1.76. The quantitative estimate of drug-likeness (QED) is 0.446. The fourth-order valence-corrected chi connectivity index (χ4v) is 0.164. The molecule has 0 aromatic rings. The van der Waals surface area contributed by atoms with Gasteiger partial charge in [-0.25, -0.2) is 0 Å². The highest BCUT2D eigenvalue weighted by molar-refractivity contribution is 14.1. The zero-order chi connectivity index (χ0) is 4.99. The summed E-state index contributed by atoms with van der Waals surface area (Å²) in [6.07, 6.45) is 0. The van der Waals surface area contributed by atoms with Gasteiger partial charge in [-0.3, -0.25) is 0 Å². The van der Waals surface area contributed by atoms with E-state index in [4.69, 9.17) is 16.9 Å². The summed E-state index contributed by atoms with van der Waals surface area (Å²) in [7, 11) is 0. The molecule has 0 amide bonds. The van der Waals surface area contributed by atoms with E-state index in [1.54, 1.807) is 6.07 Å². The summed E-state index contributed by atoms with van der Waals surface area (Å²) in [5, 5.41) is 8.11. The van der Waals surface area contributed by atoms with Crippen LogP contribution in [-0.4, -0.2) is 0 Å². The van der Waals surface area contributed by atoms with Gasteiger partial charge in [-0.1, -0.05) is 34.2 Å². The Morgan fingerprint density at radius 1 is 2.00 bits per heavy atom. The first-order chi connectivity index (χ1) is 2.81. The Hall–Kier alpha value is 0.250. The second-order valence-electron chi connectivity index (χ2n) is 0.569. The number of rotatable bonds is 0. The van der Waals surface area contributed by atoms with Crippen LogP contribution in [0.3, 0.4) is 0 Å². The first-order valence-electron chi connectivity index (χ1n) is 1.17. The molecule has 0 saturated heterocycles. The predicted molar refractivity (Wildman–Crippen MR) is 33.6 cm³/mol. The van der Waals surface area contributed by atoms with Crippen LogP contribution in [0, 0.1) is 11.3 Å². The van der Waals surface area contributed by atoms with Crippen molar-refractivity contribution in [3.05, 3.63) is 9.12 Å². The van der Waals surface area contributed by atoms with E-state index in [-0.39, 0.29) is 5.03 Å². The Labute approximate surface area is 54.7 Å². The molecular formula is C3HClIN. The van der Waals surface area contributed by atoms with Crippen LogP contribution in [0.1, 0.15) is 0 Å². The van der Waals surface area contributed by atoms with Gasteiger partial charge in [0.1, 0.15) is 11.1 Å². The zero-order valence-electron chi connectivity index (χ0n) is 2.78. The van der Waals surface area contributed by atoms with Gasteiger partial charge in [-0.15, -0.1) is 0 Å². The Morgan fingerprint density at radius 3 is 2.50 bits per heavy atom. The van der Waals surface area contributed by atoms with E-state index in [0.29, 0.717) is 0 Å². The lowest BCUT2D eigenvalue weighted by molar-refractivity contribution is 1.53. The van der Waals surface area contributed by atoms with Crippen molar-refractivity contribution in [3.63, 3.8) is 0 Å². The maximum absolute atomic E-state index is 7.88. The minimum absolute atomic E-state index is 0.232. The molecule has 0 aromatic heterocycles. The Morgan fingerprint density at radius 2 is 2.50 bits per heavy atom. The molecule has 0 radical (unpaired) electrons. The first-order valence-corrected chi connectivity index (χ1v) is 2.79. The van der Waals surface area contributed by atoms with Crippen molar-refractivity contribution in [1.29, 1.82) is 5.26 Å². The van der Waals surface area contributed by atoms with Crippen LogP contribution in [0.15, 0.2) is 9.12 Å². The topological polar surface area (TPSA) is 23.8 Å². The van der Waals surface area contributed by atoms with Crippen molar-refractivity contribution in [2.75, 3.05) is 0 Å². The van der Waals surface area contributed by atoms with Gasteiger partial charge in [0.2, 0.25) is 0 Å². The van der Waals surface area contributed by atoms with Crippen molar-refractivity contribution < 1.29 is 0 Å². The fourth-order valence-electron chi connectivity index (χ4n) is 0.0244. The van der Waals surface area contributed by atoms with Crippen molar-refractivity contribution >= 4 is 34.2 Å². The average Bonchev–Trinajstić information content (AvgIpc) is 1.65. The first kappa shape index (κ1) is 6.25. The van der Waals surface area contributed by atoms with E-state index in [9.17, 15) is 0 Å². The van der Waals surface area contributed by atoms with E-state index in [1.807, 2.05) is 22.6 Å². The maximum Gasteiger partial charge on any atom is 0.124 e. The van der Waals surface area contributed by atoms with Crippen LogP contribution in [0.25, 0.3) is 0 Å². The number of hydrogen-bond acceptors (Lipinski definition) is 1. The smallest absolute Gasteiger partial charge is 0.124 e. The van der Waals surface area contributed by atoms with Gasteiger partial charge < -0.3 is 0 Å². The maximum atomic E-state index is 7.88. The molecule has 0 aliphatic rings. The summed E-state index contributed by atoms with van der Waals surface area (Å²) in [5.41, 5.74) is 0. The highest BCUT2D eigenvalue weighted by atomic mass is 127. The summed E-state index contributed by atoms with van der Waals surface area (Å²) in [4.78, 5) is 0. The van der Waals surface area contributed by atoms with Crippen LogP contribution in [0.5, 0.6) is 0 Å². The van der Waals surface area contributed by atoms with E-state index in [2.05, 4.69) is 0 Å². The molecule has 0 aromatic carbocycles. The lowest BCUT2D eigenvalue weighted by Crippen LogP contribution is -1.49. The number of nitrogens with zero attached hydrogens (tertiary/aromatic N) is 1. The molecule has 0 N–H and O–H groups in total. The third-order valence-corrected chi connectivity index (χ3v) is 1.39. The lowest BCUT2D eigenvalue weighted by atomic mass is 10.7. The number of halogens is 2.